The van der Waals surface area contributed by atoms with Gasteiger partial charge in [-0.1, -0.05) is 114 Å². The van der Waals surface area contributed by atoms with E-state index < -0.39 is 0 Å². The van der Waals surface area contributed by atoms with Crippen molar-refractivity contribution in [2.45, 2.75) is 41.5 Å². The molecule has 2 unspecified atom stereocenters. The Morgan fingerprint density at radius 2 is 1.00 bits per heavy atom. The minimum Gasteiger partial charge on any atom is -1.00 e. The van der Waals surface area contributed by atoms with E-state index in [1.165, 1.54) is 19.6 Å². The number of rotatable bonds is 0. The third kappa shape index (κ3) is 6.82. The second-order valence-corrected chi connectivity index (χ2v) is 11.0. The summed E-state index contributed by atoms with van der Waals surface area (Å²) in [6.07, 6.45) is 18.1. The molecule has 0 aromatic heterocycles. The Hall–Kier alpha value is 0.603. The van der Waals surface area contributed by atoms with E-state index >= 15 is 0 Å². The average Bonchev–Trinajstić information content (AvgIpc) is 3.16. The van der Waals surface area contributed by atoms with E-state index in [-0.39, 0.29) is 51.0 Å². The van der Waals surface area contributed by atoms with Gasteiger partial charge in [-0.25, -0.2) is 0 Å². The van der Waals surface area contributed by atoms with Gasteiger partial charge in [0.1, 0.15) is 0 Å². The van der Waals surface area contributed by atoms with Gasteiger partial charge in [-0.05, 0) is 20.6 Å². The molecule has 0 radical (unpaired) electrons. The minimum atomic E-state index is 0. The van der Waals surface area contributed by atoms with Crippen LogP contribution in [0.15, 0.2) is 68.2 Å². The number of halogens is 2. The van der Waals surface area contributed by atoms with Gasteiger partial charge in [-0.15, -0.1) is 0 Å². The molecule has 0 aromatic carbocycles. The largest absolute Gasteiger partial charge is 2.00 e. The minimum absolute atomic E-state index is 0. The van der Waals surface area contributed by atoms with Crippen LogP contribution in [-0.4, -0.2) is 0 Å². The Kier molecular flexibility index (Phi) is 10.8. The van der Waals surface area contributed by atoms with E-state index in [4.69, 9.17) is 0 Å². The summed E-state index contributed by atoms with van der Waals surface area (Å²) in [5.74, 6) is 1.20. The van der Waals surface area contributed by atoms with Crippen LogP contribution in [0.4, 0.5) is 0 Å². The SMILES string of the molecule is CC(C)(C)C1=CC2C=CC=C2S1.CC(C)(C)C1=CC2C=CC=C2S1.[Cl-].[Cl-].[Zr+2]. The van der Waals surface area contributed by atoms with Gasteiger partial charge < -0.3 is 24.8 Å². The van der Waals surface area contributed by atoms with Crippen molar-refractivity contribution in [2.24, 2.45) is 22.7 Å². The number of allylic oxidation sites excluding steroid dienone is 12. The first kappa shape index (κ1) is 27.6. The standard InChI is InChI=1S/2C11H14S.2ClH.Zr/c2*1-11(2,3)10-7-8-5-4-6-9(8)12-10;;;/h2*4-8H,1-3H3;2*1H;/q;;;;+2/p-2. The molecular weight excluding hydrogens is 491 g/mol. The molecule has 0 saturated heterocycles. The molecule has 0 N–H and O–H groups in total. The number of hydrogen-bond acceptors (Lipinski definition) is 2. The number of thioether (sulfide) groups is 2. The second-order valence-electron chi connectivity index (χ2n) is 8.73. The molecule has 2 aliphatic carbocycles. The third-order valence-electron chi connectivity index (χ3n) is 4.41. The molecule has 0 amide bonds. The van der Waals surface area contributed by atoms with Crippen LogP contribution in [0.5, 0.6) is 0 Å². The quantitative estimate of drug-likeness (QED) is 0.477. The van der Waals surface area contributed by atoms with Gasteiger partial charge in [-0.3, -0.25) is 0 Å². The summed E-state index contributed by atoms with van der Waals surface area (Å²) >= 11 is 3.90. The first-order valence-corrected chi connectivity index (χ1v) is 10.3. The molecule has 0 bridgehead atoms. The monoisotopic (exact) mass is 516 g/mol. The molecule has 0 spiro atoms. The summed E-state index contributed by atoms with van der Waals surface area (Å²) in [5, 5.41) is 0. The fourth-order valence-electron chi connectivity index (χ4n) is 2.89. The van der Waals surface area contributed by atoms with Crippen LogP contribution >= 0.6 is 23.5 Å². The van der Waals surface area contributed by atoms with E-state index in [9.17, 15) is 0 Å². The molecule has 0 saturated carbocycles. The van der Waals surface area contributed by atoms with Crippen molar-refractivity contribution in [1.82, 2.24) is 0 Å². The molecule has 4 aliphatic rings. The summed E-state index contributed by atoms with van der Waals surface area (Å²) < 4.78 is 0. The van der Waals surface area contributed by atoms with E-state index in [0.717, 1.165) is 0 Å². The molecule has 0 fully saturated rings. The van der Waals surface area contributed by atoms with Gasteiger partial charge >= 0.3 is 26.2 Å². The van der Waals surface area contributed by atoms with Crippen LogP contribution in [0.3, 0.4) is 0 Å². The van der Waals surface area contributed by atoms with Gasteiger partial charge in [0, 0.05) is 21.6 Å². The van der Waals surface area contributed by atoms with E-state index in [0.29, 0.717) is 22.7 Å². The molecule has 146 valence electrons. The van der Waals surface area contributed by atoms with Gasteiger partial charge in [0.15, 0.2) is 0 Å². The summed E-state index contributed by atoms with van der Waals surface area (Å²) in [6, 6.07) is 0. The first-order valence-electron chi connectivity index (χ1n) is 8.72. The van der Waals surface area contributed by atoms with Gasteiger partial charge in [-0.2, -0.15) is 0 Å². The third-order valence-corrected chi connectivity index (χ3v) is 7.64. The average molecular weight is 519 g/mol. The Bertz CT molecular complexity index is 652. The van der Waals surface area contributed by atoms with Crippen molar-refractivity contribution in [1.29, 1.82) is 0 Å². The smallest absolute Gasteiger partial charge is 1.00 e. The fourth-order valence-corrected chi connectivity index (χ4v) is 5.29. The van der Waals surface area contributed by atoms with Crippen LogP contribution in [0.1, 0.15) is 41.5 Å². The topological polar surface area (TPSA) is 0 Å². The van der Waals surface area contributed by atoms with Crippen molar-refractivity contribution in [3.63, 3.8) is 0 Å². The van der Waals surface area contributed by atoms with Crippen molar-refractivity contribution >= 4 is 23.5 Å². The Labute approximate surface area is 205 Å². The summed E-state index contributed by atoms with van der Waals surface area (Å²) in [4.78, 5) is 6.03. The normalized spacial score (nSPS) is 24.1. The Morgan fingerprint density at radius 3 is 1.26 bits per heavy atom. The summed E-state index contributed by atoms with van der Waals surface area (Å²) in [5.41, 5.74) is 0.646. The molecule has 0 nitrogen and oxygen atoms in total. The number of fused-ring (bicyclic) bond motifs is 2. The number of hydrogen-bond donors (Lipinski definition) is 0. The van der Waals surface area contributed by atoms with Crippen molar-refractivity contribution in [3.8, 4) is 0 Å². The zero-order chi connectivity index (χ0) is 17.5. The molecule has 2 heterocycles. The second kappa shape index (κ2) is 10.6. The van der Waals surface area contributed by atoms with Crippen molar-refractivity contribution < 1.29 is 51.0 Å². The van der Waals surface area contributed by atoms with Crippen LogP contribution in [0, 0.1) is 22.7 Å². The molecule has 0 aromatic rings. The maximum atomic E-state index is 2.39. The maximum Gasteiger partial charge on any atom is 2.00 e. The van der Waals surface area contributed by atoms with Crippen LogP contribution in [-0.2, 0) is 26.2 Å². The van der Waals surface area contributed by atoms with Crippen molar-refractivity contribution in [2.75, 3.05) is 0 Å². The van der Waals surface area contributed by atoms with Crippen LogP contribution < -0.4 is 24.8 Å². The fraction of sp³-hybridized carbons (Fsp3) is 0.455. The first-order chi connectivity index (χ1) is 11.1. The molecule has 5 heteroatoms. The maximum absolute atomic E-state index is 2.39. The zero-order valence-corrected chi connectivity index (χ0v) is 22.4. The van der Waals surface area contributed by atoms with E-state index in [1.807, 2.05) is 23.5 Å². The van der Waals surface area contributed by atoms with E-state index in [2.05, 4.69) is 90.2 Å². The molecule has 2 aliphatic heterocycles. The predicted octanol–water partition coefficient (Wildman–Crippen LogP) is 1.47. The summed E-state index contributed by atoms with van der Waals surface area (Å²) in [7, 11) is 0. The molecule has 4 rings (SSSR count). The van der Waals surface area contributed by atoms with Crippen molar-refractivity contribution in [3.05, 3.63) is 68.2 Å². The van der Waals surface area contributed by atoms with Gasteiger partial charge in [0.05, 0.1) is 0 Å². The van der Waals surface area contributed by atoms with Gasteiger partial charge in [0.25, 0.3) is 0 Å². The predicted molar refractivity (Wildman–Crippen MR) is 112 cm³/mol. The zero-order valence-electron chi connectivity index (χ0n) is 16.8. The van der Waals surface area contributed by atoms with Crippen LogP contribution in [0.2, 0.25) is 0 Å². The molecule has 2 atom stereocenters. The molecular formula is C22H28Cl2S2Zr. The van der Waals surface area contributed by atoms with Crippen LogP contribution in [0.25, 0.3) is 0 Å². The Balaban J connectivity index is 0.000000451. The Morgan fingerprint density at radius 1 is 0.667 bits per heavy atom. The summed E-state index contributed by atoms with van der Waals surface area (Å²) in [6.45, 7) is 13.6. The van der Waals surface area contributed by atoms with E-state index in [1.54, 1.807) is 0 Å². The molecule has 27 heavy (non-hydrogen) atoms. The van der Waals surface area contributed by atoms with Gasteiger partial charge in [0.2, 0.25) is 0 Å².